The lowest BCUT2D eigenvalue weighted by Gasteiger charge is -2.09. The number of rotatable bonds is 3. The van der Waals surface area contributed by atoms with Gasteiger partial charge in [0.15, 0.2) is 11.5 Å². The fraction of sp³-hybridized carbons (Fsp3) is 0.0769. The van der Waals surface area contributed by atoms with Crippen LogP contribution in [0, 0.1) is 0 Å². The Morgan fingerprint density at radius 1 is 1.17 bits per heavy atom. The Morgan fingerprint density at radius 3 is 2.65 bits per heavy atom. The first-order chi connectivity index (χ1) is 10.8. The van der Waals surface area contributed by atoms with Crippen LogP contribution in [0.4, 0.5) is 13.2 Å². The molecule has 0 fully saturated rings. The third-order valence-corrected chi connectivity index (χ3v) is 2.84. The summed E-state index contributed by atoms with van der Waals surface area (Å²) in [5, 5.41) is 11.7. The monoisotopic (exact) mass is 323 g/mol. The van der Waals surface area contributed by atoms with Gasteiger partial charge in [-0.2, -0.15) is 9.61 Å². The van der Waals surface area contributed by atoms with E-state index in [9.17, 15) is 18.0 Å². The zero-order chi connectivity index (χ0) is 16.6. The molecule has 2 heterocycles. The predicted molar refractivity (Wildman–Crippen MR) is 71.4 cm³/mol. The second kappa shape index (κ2) is 5.23. The van der Waals surface area contributed by atoms with E-state index in [0.717, 1.165) is 12.1 Å². The van der Waals surface area contributed by atoms with Crippen molar-refractivity contribution in [1.82, 2.24) is 19.8 Å². The van der Waals surface area contributed by atoms with Gasteiger partial charge in [-0.15, -0.1) is 23.4 Å². The quantitative estimate of drug-likeness (QED) is 0.793. The number of halogens is 3. The summed E-state index contributed by atoms with van der Waals surface area (Å²) < 4.78 is 42.0. The molecule has 2 aromatic heterocycles. The summed E-state index contributed by atoms with van der Waals surface area (Å²) in [4.78, 5) is 11.2. The summed E-state index contributed by atoms with van der Waals surface area (Å²) in [7, 11) is 0. The standard InChI is InChI=1S/C13H8F3N5O2/c14-13(15,16)23-8-3-1-2-7(6-8)12-19-18-10-5-4-9(11(17)22)20-21(10)12/h1-6H,(H2,17,22). The van der Waals surface area contributed by atoms with Crippen LogP contribution in [-0.2, 0) is 0 Å². The van der Waals surface area contributed by atoms with Crippen molar-refractivity contribution in [1.29, 1.82) is 0 Å². The molecule has 1 aromatic carbocycles. The normalized spacial score (nSPS) is 11.6. The predicted octanol–water partition coefficient (Wildman–Crippen LogP) is 1.79. The number of alkyl halides is 3. The Morgan fingerprint density at radius 2 is 1.96 bits per heavy atom. The molecule has 3 rings (SSSR count). The van der Waals surface area contributed by atoms with Crippen LogP contribution in [0.15, 0.2) is 36.4 Å². The summed E-state index contributed by atoms with van der Waals surface area (Å²) in [6.45, 7) is 0. The van der Waals surface area contributed by atoms with Gasteiger partial charge in [-0.3, -0.25) is 4.79 Å². The van der Waals surface area contributed by atoms with Gasteiger partial charge < -0.3 is 10.5 Å². The van der Waals surface area contributed by atoms with Crippen LogP contribution < -0.4 is 10.5 Å². The van der Waals surface area contributed by atoms with Crippen molar-refractivity contribution < 1.29 is 22.7 Å². The molecule has 0 aliphatic carbocycles. The minimum atomic E-state index is -4.80. The second-order valence-electron chi connectivity index (χ2n) is 4.45. The number of nitrogens with zero attached hydrogens (tertiary/aromatic N) is 4. The van der Waals surface area contributed by atoms with Crippen LogP contribution >= 0.6 is 0 Å². The van der Waals surface area contributed by atoms with E-state index in [1.54, 1.807) is 0 Å². The number of benzene rings is 1. The lowest BCUT2D eigenvalue weighted by Crippen LogP contribution is -2.17. The Bertz CT molecular complexity index is 891. The van der Waals surface area contributed by atoms with Crippen molar-refractivity contribution in [3.05, 3.63) is 42.1 Å². The Kier molecular flexibility index (Phi) is 3.36. The number of ether oxygens (including phenoxy) is 1. The van der Waals surface area contributed by atoms with Crippen LogP contribution in [0.2, 0.25) is 0 Å². The molecule has 0 aliphatic heterocycles. The van der Waals surface area contributed by atoms with Gasteiger partial charge in [0.2, 0.25) is 0 Å². The molecule has 1 amide bonds. The van der Waals surface area contributed by atoms with Gasteiger partial charge in [0.1, 0.15) is 11.4 Å². The molecule has 0 aliphatic rings. The van der Waals surface area contributed by atoms with Crippen molar-refractivity contribution in [2.24, 2.45) is 5.73 Å². The van der Waals surface area contributed by atoms with E-state index in [-0.39, 0.29) is 17.1 Å². The maximum atomic E-state index is 12.3. The van der Waals surface area contributed by atoms with E-state index in [1.807, 2.05) is 0 Å². The Hall–Kier alpha value is -3.17. The molecule has 0 spiro atoms. The number of nitrogens with two attached hydrogens (primary N) is 1. The number of hydrogen-bond acceptors (Lipinski definition) is 5. The van der Waals surface area contributed by atoms with Crippen molar-refractivity contribution in [3.8, 4) is 17.1 Å². The molecule has 0 saturated carbocycles. The first-order valence-corrected chi connectivity index (χ1v) is 6.22. The zero-order valence-electron chi connectivity index (χ0n) is 11.3. The number of aromatic nitrogens is 4. The number of fused-ring (bicyclic) bond motifs is 1. The first kappa shape index (κ1) is 14.8. The Labute approximate surface area is 126 Å². The average molecular weight is 323 g/mol. The average Bonchev–Trinajstić information content (AvgIpc) is 2.88. The minimum Gasteiger partial charge on any atom is -0.406 e. The highest BCUT2D eigenvalue weighted by Crippen LogP contribution is 2.27. The second-order valence-corrected chi connectivity index (χ2v) is 4.45. The third kappa shape index (κ3) is 3.05. The van der Waals surface area contributed by atoms with Crippen molar-refractivity contribution >= 4 is 11.6 Å². The van der Waals surface area contributed by atoms with Gasteiger partial charge >= 0.3 is 6.36 Å². The topological polar surface area (TPSA) is 95.4 Å². The smallest absolute Gasteiger partial charge is 0.406 e. The fourth-order valence-corrected chi connectivity index (χ4v) is 1.93. The SMILES string of the molecule is NC(=O)c1ccc2nnc(-c3cccc(OC(F)(F)F)c3)n2n1. The van der Waals surface area contributed by atoms with Gasteiger partial charge in [-0.1, -0.05) is 12.1 Å². The third-order valence-electron chi connectivity index (χ3n) is 2.84. The van der Waals surface area contributed by atoms with E-state index in [2.05, 4.69) is 20.0 Å². The molecule has 118 valence electrons. The molecule has 3 aromatic rings. The van der Waals surface area contributed by atoms with Crippen molar-refractivity contribution in [2.75, 3.05) is 0 Å². The van der Waals surface area contributed by atoms with Gasteiger partial charge in [0, 0.05) is 5.56 Å². The van der Waals surface area contributed by atoms with Gasteiger partial charge in [0.25, 0.3) is 5.91 Å². The van der Waals surface area contributed by atoms with Crippen molar-refractivity contribution in [3.63, 3.8) is 0 Å². The molecule has 7 nitrogen and oxygen atoms in total. The molecule has 0 bridgehead atoms. The minimum absolute atomic E-state index is 0.0266. The summed E-state index contributed by atoms with van der Waals surface area (Å²) in [6.07, 6.45) is -4.80. The van der Waals surface area contributed by atoms with E-state index in [4.69, 9.17) is 5.73 Å². The van der Waals surface area contributed by atoms with E-state index < -0.39 is 18.0 Å². The highest BCUT2D eigenvalue weighted by molar-refractivity contribution is 5.90. The highest BCUT2D eigenvalue weighted by Gasteiger charge is 2.31. The molecule has 10 heteroatoms. The number of primary amides is 1. The largest absolute Gasteiger partial charge is 0.573 e. The summed E-state index contributed by atoms with van der Waals surface area (Å²) in [5.74, 6) is -1.01. The lowest BCUT2D eigenvalue weighted by molar-refractivity contribution is -0.274. The van der Waals surface area contributed by atoms with Gasteiger partial charge in [-0.25, -0.2) is 0 Å². The van der Waals surface area contributed by atoms with Crippen LogP contribution in [0.25, 0.3) is 17.0 Å². The van der Waals surface area contributed by atoms with E-state index in [0.29, 0.717) is 5.65 Å². The van der Waals surface area contributed by atoms with E-state index >= 15 is 0 Å². The molecule has 0 atom stereocenters. The molecular weight excluding hydrogens is 315 g/mol. The highest BCUT2D eigenvalue weighted by atomic mass is 19.4. The molecule has 0 saturated heterocycles. The maximum absolute atomic E-state index is 12.3. The molecular formula is C13H8F3N5O2. The van der Waals surface area contributed by atoms with Crippen LogP contribution in [0.5, 0.6) is 5.75 Å². The first-order valence-electron chi connectivity index (χ1n) is 6.22. The van der Waals surface area contributed by atoms with E-state index in [1.165, 1.54) is 28.8 Å². The molecule has 0 unspecified atom stereocenters. The number of amides is 1. The number of hydrogen-bond donors (Lipinski definition) is 1. The summed E-state index contributed by atoms with van der Waals surface area (Å²) >= 11 is 0. The lowest BCUT2D eigenvalue weighted by atomic mass is 10.2. The number of carbonyl (C=O) groups excluding carboxylic acids is 1. The van der Waals surface area contributed by atoms with Crippen LogP contribution in [-0.4, -0.2) is 32.1 Å². The van der Waals surface area contributed by atoms with Crippen LogP contribution in [0.3, 0.4) is 0 Å². The molecule has 2 N–H and O–H groups in total. The van der Waals surface area contributed by atoms with Gasteiger partial charge in [0.05, 0.1) is 0 Å². The molecule has 0 radical (unpaired) electrons. The van der Waals surface area contributed by atoms with Crippen LogP contribution in [0.1, 0.15) is 10.5 Å². The maximum Gasteiger partial charge on any atom is 0.573 e. The van der Waals surface area contributed by atoms with Gasteiger partial charge in [-0.05, 0) is 24.3 Å². The Balaban J connectivity index is 2.08. The molecule has 23 heavy (non-hydrogen) atoms. The summed E-state index contributed by atoms with van der Waals surface area (Å²) in [5.41, 5.74) is 5.73. The fourth-order valence-electron chi connectivity index (χ4n) is 1.93. The van der Waals surface area contributed by atoms with Crippen molar-refractivity contribution in [2.45, 2.75) is 6.36 Å². The zero-order valence-corrected chi connectivity index (χ0v) is 11.3. The summed E-state index contributed by atoms with van der Waals surface area (Å²) in [6, 6.07) is 8.03. The number of carbonyl (C=O) groups is 1.